The predicted molar refractivity (Wildman–Crippen MR) is 119 cm³/mol. The van der Waals surface area contributed by atoms with Crippen LogP contribution in [-0.2, 0) is 0 Å². The third kappa shape index (κ3) is 4.65. The average Bonchev–Trinajstić information content (AvgIpc) is 2.70. The van der Waals surface area contributed by atoms with Crippen LogP contribution in [0.15, 0.2) is 30.3 Å². The Morgan fingerprint density at radius 2 is 1.89 bits per heavy atom. The van der Waals surface area contributed by atoms with Crippen molar-refractivity contribution in [2.24, 2.45) is 0 Å². The number of methoxy groups -OCH3 is 1. The van der Waals surface area contributed by atoms with Gasteiger partial charge < -0.3 is 15.0 Å². The fraction of sp³-hybridized carbons (Fsp3) is 0.455. The first-order valence-electron chi connectivity index (χ1n) is 9.98. The molecular formula is C22H29ClN4O. The fourth-order valence-corrected chi connectivity index (χ4v) is 3.68. The van der Waals surface area contributed by atoms with Crippen molar-refractivity contribution in [2.75, 3.05) is 32.1 Å². The molecule has 3 rings (SSSR count). The molecule has 1 N–H and O–H groups in total. The number of rotatable bonds is 9. The predicted octanol–water partition coefficient (Wildman–Crippen LogP) is 5.37. The van der Waals surface area contributed by atoms with E-state index in [0.29, 0.717) is 16.9 Å². The minimum absolute atomic E-state index is 0.313. The molecule has 5 nitrogen and oxygen atoms in total. The van der Waals surface area contributed by atoms with Crippen molar-refractivity contribution in [3.05, 3.63) is 35.4 Å². The highest BCUT2D eigenvalue weighted by atomic mass is 35.5. The van der Waals surface area contributed by atoms with E-state index in [4.69, 9.17) is 21.3 Å². The van der Waals surface area contributed by atoms with E-state index in [1.54, 1.807) is 7.11 Å². The van der Waals surface area contributed by atoms with Gasteiger partial charge in [-0.3, -0.25) is 0 Å². The molecule has 2 aromatic heterocycles. The van der Waals surface area contributed by atoms with E-state index < -0.39 is 0 Å². The van der Waals surface area contributed by atoms with E-state index >= 15 is 0 Å². The third-order valence-corrected chi connectivity index (χ3v) is 5.40. The smallest absolute Gasteiger partial charge is 0.213 e. The topological polar surface area (TPSA) is 50.3 Å². The zero-order chi connectivity index (χ0) is 20.1. The van der Waals surface area contributed by atoms with Gasteiger partial charge in [-0.25, -0.2) is 9.97 Å². The summed E-state index contributed by atoms with van der Waals surface area (Å²) in [6, 6.07) is 9.90. The Morgan fingerprint density at radius 3 is 2.61 bits per heavy atom. The average molecular weight is 401 g/mol. The lowest BCUT2D eigenvalue weighted by Gasteiger charge is -2.21. The van der Waals surface area contributed by atoms with Gasteiger partial charge in [0.2, 0.25) is 5.88 Å². The van der Waals surface area contributed by atoms with E-state index in [1.807, 2.05) is 30.3 Å². The van der Waals surface area contributed by atoms with E-state index in [1.165, 1.54) is 0 Å². The molecule has 0 bridgehead atoms. The molecular weight excluding hydrogens is 372 g/mol. The van der Waals surface area contributed by atoms with Crippen molar-refractivity contribution in [1.29, 1.82) is 0 Å². The second kappa shape index (κ2) is 9.39. The van der Waals surface area contributed by atoms with E-state index in [2.05, 4.69) is 36.0 Å². The Kier molecular flexibility index (Phi) is 6.92. The molecule has 28 heavy (non-hydrogen) atoms. The monoisotopic (exact) mass is 400 g/mol. The van der Waals surface area contributed by atoms with E-state index in [-0.39, 0.29) is 0 Å². The molecule has 6 heteroatoms. The molecule has 0 amide bonds. The molecule has 1 aromatic carbocycles. The molecule has 0 fully saturated rings. The number of pyridine rings is 2. The van der Waals surface area contributed by atoms with Gasteiger partial charge in [0.15, 0.2) is 0 Å². The number of hydrogen-bond acceptors (Lipinski definition) is 5. The molecule has 1 atom stereocenters. The lowest BCUT2D eigenvalue weighted by Crippen LogP contribution is -2.25. The number of halogens is 1. The number of benzene rings is 1. The third-order valence-electron chi connectivity index (χ3n) is 5.16. The zero-order valence-corrected chi connectivity index (χ0v) is 17.9. The largest absolute Gasteiger partial charge is 0.481 e. The Bertz CT molecular complexity index is 943. The maximum absolute atomic E-state index is 6.20. The van der Waals surface area contributed by atoms with E-state index in [9.17, 15) is 0 Å². The molecule has 0 spiro atoms. The van der Waals surface area contributed by atoms with Crippen LogP contribution in [0.5, 0.6) is 5.88 Å². The highest BCUT2D eigenvalue weighted by molar-refractivity contribution is 6.31. The van der Waals surface area contributed by atoms with Gasteiger partial charge in [-0.2, -0.15) is 0 Å². The number of nitrogens with one attached hydrogen (secondary N) is 1. The summed E-state index contributed by atoms with van der Waals surface area (Å²) >= 11 is 6.20. The summed E-state index contributed by atoms with van der Waals surface area (Å²) in [5.74, 6) is 0.583. The molecule has 0 saturated heterocycles. The molecule has 0 radical (unpaired) electrons. The van der Waals surface area contributed by atoms with Gasteiger partial charge in [0.25, 0.3) is 0 Å². The van der Waals surface area contributed by atoms with Crippen molar-refractivity contribution >= 4 is 39.2 Å². The maximum Gasteiger partial charge on any atom is 0.213 e. The molecule has 3 aromatic rings. The van der Waals surface area contributed by atoms with Gasteiger partial charge in [0.05, 0.1) is 23.8 Å². The summed E-state index contributed by atoms with van der Waals surface area (Å²) in [6.07, 6.45) is 2.23. The Hall–Kier alpha value is -2.11. The van der Waals surface area contributed by atoms with Gasteiger partial charge in [-0.1, -0.05) is 25.4 Å². The summed E-state index contributed by atoms with van der Waals surface area (Å²) < 4.78 is 5.34. The molecule has 0 aliphatic carbocycles. The number of fused-ring (bicyclic) bond motifs is 2. The normalized spacial score (nSPS) is 12.6. The van der Waals surface area contributed by atoms with Crippen LogP contribution in [0, 0.1) is 0 Å². The van der Waals surface area contributed by atoms with E-state index in [0.717, 1.165) is 60.1 Å². The first kappa shape index (κ1) is 20.6. The Labute approximate surface area is 172 Å². The van der Waals surface area contributed by atoms with Crippen LogP contribution in [0.3, 0.4) is 0 Å². The second-order valence-electron chi connectivity index (χ2n) is 7.08. The van der Waals surface area contributed by atoms with Crippen molar-refractivity contribution in [3.8, 4) is 5.88 Å². The molecule has 2 heterocycles. The van der Waals surface area contributed by atoms with Gasteiger partial charge >= 0.3 is 0 Å². The van der Waals surface area contributed by atoms with Crippen LogP contribution in [0.1, 0.15) is 33.6 Å². The number of hydrogen-bond donors (Lipinski definition) is 1. The highest BCUT2D eigenvalue weighted by Crippen LogP contribution is 2.33. The van der Waals surface area contributed by atoms with Crippen molar-refractivity contribution in [1.82, 2.24) is 14.9 Å². The Morgan fingerprint density at radius 1 is 1.11 bits per heavy atom. The molecule has 150 valence electrons. The summed E-state index contributed by atoms with van der Waals surface area (Å²) in [4.78, 5) is 11.9. The van der Waals surface area contributed by atoms with Crippen LogP contribution >= 0.6 is 11.6 Å². The van der Waals surface area contributed by atoms with Crippen LogP contribution < -0.4 is 10.1 Å². The summed E-state index contributed by atoms with van der Waals surface area (Å²) in [5, 5.41) is 5.39. The van der Waals surface area contributed by atoms with Crippen LogP contribution in [0.4, 0.5) is 5.69 Å². The lowest BCUT2D eigenvalue weighted by molar-refractivity contribution is 0.295. The minimum Gasteiger partial charge on any atom is -0.481 e. The van der Waals surface area contributed by atoms with Gasteiger partial charge in [0.1, 0.15) is 5.52 Å². The van der Waals surface area contributed by atoms with Crippen LogP contribution in [-0.4, -0.2) is 47.7 Å². The summed E-state index contributed by atoms with van der Waals surface area (Å²) in [5.41, 5.74) is 3.51. The van der Waals surface area contributed by atoms with Gasteiger partial charge in [0, 0.05) is 22.5 Å². The van der Waals surface area contributed by atoms with Crippen LogP contribution in [0.25, 0.3) is 21.9 Å². The maximum atomic E-state index is 6.20. The summed E-state index contributed by atoms with van der Waals surface area (Å²) in [7, 11) is 1.63. The van der Waals surface area contributed by atoms with Crippen molar-refractivity contribution < 1.29 is 4.74 Å². The second-order valence-corrected chi connectivity index (χ2v) is 7.52. The molecule has 0 aliphatic heterocycles. The highest BCUT2D eigenvalue weighted by Gasteiger charge is 2.14. The fourth-order valence-electron chi connectivity index (χ4n) is 3.51. The lowest BCUT2D eigenvalue weighted by atomic mass is 10.1. The van der Waals surface area contributed by atoms with Crippen LogP contribution in [0.2, 0.25) is 5.02 Å². The zero-order valence-electron chi connectivity index (χ0n) is 17.1. The number of ether oxygens (including phenoxy) is 1. The summed E-state index contributed by atoms with van der Waals surface area (Å²) in [6.45, 7) is 9.97. The SMILES string of the molecule is CCN(CC)CCC[C@@H](C)Nc1c2ccc(Cl)cc2nc2ccc(OC)nc12. The first-order chi connectivity index (χ1) is 13.5. The number of nitrogens with zero attached hydrogens (tertiary/aromatic N) is 3. The molecule has 0 unspecified atom stereocenters. The molecule has 0 aliphatic rings. The molecule has 0 saturated carbocycles. The van der Waals surface area contributed by atoms with Gasteiger partial charge in [-0.15, -0.1) is 0 Å². The van der Waals surface area contributed by atoms with Crippen molar-refractivity contribution in [2.45, 2.75) is 39.7 Å². The van der Waals surface area contributed by atoms with Crippen molar-refractivity contribution in [3.63, 3.8) is 0 Å². The minimum atomic E-state index is 0.313. The first-order valence-corrected chi connectivity index (χ1v) is 10.4. The number of anilines is 1. The standard InChI is InChI=1S/C22H29ClN4O/c1-5-27(6-2)13-7-8-15(3)24-21-17-10-9-16(23)14-19(17)25-18-11-12-20(28-4)26-22(18)21/h9-12,14-15H,5-8,13H2,1-4H3,(H,24,25)/t15-/m1/s1. The van der Waals surface area contributed by atoms with Gasteiger partial charge in [-0.05, 0) is 63.7 Å². The Balaban J connectivity index is 1.92. The number of aromatic nitrogens is 2. The quantitative estimate of drug-likeness (QED) is 0.489.